The predicted octanol–water partition coefficient (Wildman–Crippen LogP) is 5.22. The van der Waals surface area contributed by atoms with E-state index in [4.69, 9.17) is 8.94 Å². The van der Waals surface area contributed by atoms with Crippen molar-refractivity contribution >= 4 is 31.6 Å². The summed E-state index contributed by atoms with van der Waals surface area (Å²) in [4.78, 5) is 6.52. The van der Waals surface area contributed by atoms with Gasteiger partial charge in [0.2, 0.25) is 15.9 Å². The molecule has 0 amide bonds. The summed E-state index contributed by atoms with van der Waals surface area (Å²) >= 11 is 3.51. The predicted molar refractivity (Wildman–Crippen MR) is 140 cm³/mol. The van der Waals surface area contributed by atoms with Gasteiger partial charge in [-0.15, -0.1) is 0 Å². The van der Waals surface area contributed by atoms with Crippen molar-refractivity contribution in [2.75, 3.05) is 18.0 Å². The summed E-state index contributed by atoms with van der Waals surface area (Å²) in [7, 11) is -3.84. The lowest BCUT2D eigenvalue weighted by Gasteiger charge is -2.30. The highest BCUT2D eigenvalue weighted by Gasteiger charge is 2.32. The molecule has 0 atom stereocenters. The molecule has 10 heteroatoms. The van der Waals surface area contributed by atoms with Crippen LogP contribution in [0.1, 0.15) is 36.9 Å². The summed E-state index contributed by atoms with van der Waals surface area (Å²) in [5, 5.41) is 3.83. The Kier molecular flexibility index (Phi) is 6.52. The fourth-order valence-electron chi connectivity index (χ4n) is 4.24. The van der Waals surface area contributed by atoms with Crippen molar-refractivity contribution in [1.29, 1.82) is 0 Å². The van der Waals surface area contributed by atoms with Crippen LogP contribution in [0.25, 0.3) is 11.3 Å². The number of nitrogens with zero attached hydrogens (tertiary/aromatic N) is 3. The van der Waals surface area contributed by atoms with Gasteiger partial charge < -0.3 is 13.8 Å². The molecular weight excluding hydrogens is 544 g/mol. The van der Waals surface area contributed by atoms with E-state index in [0.717, 1.165) is 33.5 Å². The summed E-state index contributed by atoms with van der Waals surface area (Å²) in [6.45, 7) is 6.71. The zero-order valence-corrected chi connectivity index (χ0v) is 22.7. The van der Waals surface area contributed by atoms with E-state index < -0.39 is 15.4 Å². The first-order valence-electron chi connectivity index (χ1n) is 11.6. The lowest BCUT2D eigenvalue weighted by Crippen LogP contribution is -2.38. The number of halogens is 1. The highest BCUT2D eigenvalue weighted by Crippen LogP contribution is 2.35. The minimum absolute atomic E-state index is 0.106. The summed E-state index contributed by atoms with van der Waals surface area (Å²) in [5.74, 6) is 2.57. The molecule has 3 heterocycles. The molecule has 0 bridgehead atoms. The maximum absolute atomic E-state index is 13.5. The van der Waals surface area contributed by atoms with Crippen LogP contribution in [0.2, 0.25) is 0 Å². The molecule has 188 valence electrons. The number of nitrogens with one attached hydrogen (secondary N) is 1. The molecule has 1 N–H and O–H groups in total. The molecular formula is C26H27BrN4O4S. The molecule has 0 saturated heterocycles. The van der Waals surface area contributed by atoms with Gasteiger partial charge in [-0.1, -0.05) is 51.4 Å². The third kappa shape index (κ3) is 4.98. The van der Waals surface area contributed by atoms with Crippen LogP contribution < -0.4 is 9.62 Å². The summed E-state index contributed by atoms with van der Waals surface area (Å²) in [6, 6.07) is 17.3. The quantitative estimate of drug-likeness (QED) is 0.325. The van der Waals surface area contributed by atoms with Gasteiger partial charge >= 0.3 is 0 Å². The Morgan fingerprint density at radius 3 is 2.64 bits per heavy atom. The minimum Gasteiger partial charge on any atom is -0.459 e. The monoisotopic (exact) mass is 570 g/mol. The Hall–Kier alpha value is -2.95. The highest BCUT2D eigenvalue weighted by atomic mass is 79.9. The van der Waals surface area contributed by atoms with Crippen LogP contribution in [0.15, 0.2) is 72.9 Å². The van der Waals surface area contributed by atoms with Gasteiger partial charge in [-0.2, -0.15) is 4.98 Å². The number of hydrogen-bond acceptors (Lipinski definition) is 7. The maximum Gasteiger partial charge on any atom is 0.242 e. The number of aromatic nitrogens is 2. The molecule has 0 unspecified atom stereocenters. The Morgan fingerprint density at radius 1 is 1.14 bits per heavy atom. The van der Waals surface area contributed by atoms with Crippen LogP contribution in [0.3, 0.4) is 0 Å². The van der Waals surface area contributed by atoms with Gasteiger partial charge in [-0.3, -0.25) is 0 Å². The molecule has 5 rings (SSSR count). The van der Waals surface area contributed by atoms with Crippen molar-refractivity contribution in [3.8, 4) is 11.3 Å². The van der Waals surface area contributed by atoms with Crippen LogP contribution in [-0.4, -0.2) is 31.6 Å². The fourth-order valence-corrected chi connectivity index (χ4v) is 6.00. The van der Waals surface area contributed by atoms with E-state index >= 15 is 0 Å². The largest absolute Gasteiger partial charge is 0.459 e. The minimum atomic E-state index is -3.84. The van der Waals surface area contributed by atoms with E-state index in [2.05, 4.69) is 36.9 Å². The van der Waals surface area contributed by atoms with E-state index in [1.165, 1.54) is 0 Å². The average molecular weight is 571 g/mol. The molecule has 1 aliphatic rings. The van der Waals surface area contributed by atoms with Crippen LogP contribution in [0.5, 0.6) is 0 Å². The smallest absolute Gasteiger partial charge is 0.242 e. The first kappa shape index (κ1) is 24.7. The molecule has 1 aliphatic heterocycles. The molecule has 0 aliphatic carbocycles. The second-order valence-corrected chi connectivity index (χ2v) is 12.2. The number of fused-ring (bicyclic) bond motifs is 1. The van der Waals surface area contributed by atoms with Gasteiger partial charge in [0.05, 0.1) is 17.6 Å². The van der Waals surface area contributed by atoms with Gasteiger partial charge in [0.25, 0.3) is 0 Å². The van der Waals surface area contributed by atoms with Crippen molar-refractivity contribution in [3.63, 3.8) is 0 Å². The first-order chi connectivity index (χ1) is 17.1. The zero-order chi connectivity index (χ0) is 25.5. The van der Waals surface area contributed by atoms with E-state index in [1.807, 2.05) is 55.1 Å². The lowest BCUT2D eigenvalue weighted by atomic mass is 9.94. The van der Waals surface area contributed by atoms with Gasteiger partial charge in [-0.25, -0.2) is 13.1 Å². The molecule has 2 aromatic heterocycles. The summed E-state index contributed by atoms with van der Waals surface area (Å²) in [6.07, 6.45) is 0.759. The summed E-state index contributed by atoms with van der Waals surface area (Å²) in [5.41, 5.74) is 2.12. The second-order valence-electron chi connectivity index (χ2n) is 9.56. The van der Waals surface area contributed by atoms with Crippen molar-refractivity contribution in [1.82, 2.24) is 14.9 Å². The number of anilines is 1. The standard InChI is InChI=1S/C26H27BrN4O4S/c1-17-29-25(35-30-17)26(2,3)16-28-36(32,33)24-10-9-20(27)14-21(24)31-12-11-19-13-22(34-23(19)15-31)18-7-5-4-6-8-18/h4-10,13-14,28H,11-12,15-16H2,1-3H3. The van der Waals surface area contributed by atoms with Crippen LogP contribution in [-0.2, 0) is 28.4 Å². The molecule has 0 fully saturated rings. The van der Waals surface area contributed by atoms with E-state index in [0.29, 0.717) is 30.5 Å². The number of furan rings is 1. The zero-order valence-electron chi connectivity index (χ0n) is 20.3. The Morgan fingerprint density at radius 2 is 1.92 bits per heavy atom. The molecule has 36 heavy (non-hydrogen) atoms. The second kappa shape index (κ2) is 9.49. The van der Waals surface area contributed by atoms with E-state index in [1.54, 1.807) is 19.1 Å². The topological polar surface area (TPSA) is 101 Å². The van der Waals surface area contributed by atoms with Crippen molar-refractivity contribution in [2.24, 2.45) is 0 Å². The molecule has 8 nitrogen and oxygen atoms in total. The third-order valence-corrected chi connectivity index (χ3v) is 8.24. The molecule has 0 radical (unpaired) electrons. The third-order valence-electron chi connectivity index (χ3n) is 6.30. The Bertz CT molecular complexity index is 1500. The Balaban J connectivity index is 1.40. The van der Waals surface area contributed by atoms with Crippen molar-refractivity contribution in [3.05, 3.63) is 82.1 Å². The van der Waals surface area contributed by atoms with Crippen molar-refractivity contribution < 1.29 is 17.4 Å². The van der Waals surface area contributed by atoms with E-state index in [9.17, 15) is 8.42 Å². The first-order valence-corrected chi connectivity index (χ1v) is 13.9. The molecule has 2 aromatic carbocycles. The van der Waals surface area contributed by atoms with Crippen LogP contribution in [0.4, 0.5) is 5.69 Å². The Labute approximate surface area is 218 Å². The van der Waals surface area contributed by atoms with Crippen molar-refractivity contribution in [2.45, 2.75) is 44.0 Å². The molecule has 0 spiro atoms. The molecule has 0 saturated carbocycles. The number of sulfonamides is 1. The normalized spacial score (nSPS) is 14.2. The SMILES string of the molecule is Cc1noc(C(C)(C)CNS(=O)(=O)c2ccc(Br)cc2N2CCc3cc(-c4ccccc4)oc3C2)n1. The van der Waals surface area contributed by atoms with Crippen LogP contribution in [0, 0.1) is 6.92 Å². The van der Waals surface area contributed by atoms with Gasteiger partial charge in [0.15, 0.2) is 5.82 Å². The number of aryl methyl sites for hydroxylation is 1. The average Bonchev–Trinajstić information content (AvgIpc) is 3.49. The number of benzene rings is 2. The molecule has 4 aromatic rings. The highest BCUT2D eigenvalue weighted by molar-refractivity contribution is 9.10. The number of rotatable bonds is 7. The summed E-state index contributed by atoms with van der Waals surface area (Å²) < 4.78 is 42.0. The van der Waals surface area contributed by atoms with Crippen LogP contribution >= 0.6 is 15.9 Å². The van der Waals surface area contributed by atoms with E-state index in [-0.39, 0.29) is 11.4 Å². The fraction of sp³-hybridized carbons (Fsp3) is 0.308. The van der Waals surface area contributed by atoms with Gasteiger partial charge in [0.1, 0.15) is 16.4 Å². The number of hydrogen-bond donors (Lipinski definition) is 1. The maximum atomic E-state index is 13.5. The van der Waals surface area contributed by atoms with Gasteiger partial charge in [-0.05, 0) is 57.0 Å². The van der Waals surface area contributed by atoms with Gasteiger partial charge in [0, 0.05) is 23.1 Å². The lowest BCUT2D eigenvalue weighted by molar-refractivity contribution is 0.305.